The standard InChI is InChI=1S/C31H33N5O4.C10H16O4/c1-34-15-17-36(18-16-34)20-27(37)35(2)24-12-10-23(11-13-24)32-29(21-7-5-4-6-8-21)28-25-14-9-22(31(39)40-3)19-26(25)33-30(28)38;1-9(2)6(7(11)12)4-5-10(9,3)8(13)14/h4-14,19,33,38H,15-18,20H2,1-3H3;6H,4-5H2,1-3H3,(H,11,12)(H,13,14). The number of anilines is 1. The van der Waals surface area contributed by atoms with Crippen LogP contribution in [-0.2, 0) is 19.1 Å². The fourth-order valence-electron chi connectivity index (χ4n) is 7.17. The molecule has 0 radical (unpaired) electrons. The van der Waals surface area contributed by atoms with E-state index in [2.05, 4.69) is 21.8 Å². The lowest BCUT2D eigenvalue weighted by Crippen LogP contribution is -2.48. The van der Waals surface area contributed by atoms with Gasteiger partial charge in [-0.15, -0.1) is 0 Å². The van der Waals surface area contributed by atoms with Gasteiger partial charge in [0.2, 0.25) is 5.91 Å². The van der Waals surface area contributed by atoms with Crippen molar-refractivity contribution in [2.75, 3.05) is 58.8 Å². The van der Waals surface area contributed by atoms with Crippen LogP contribution in [0.3, 0.4) is 0 Å². The minimum atomic E-state index is -0.921. The van der Waals surface area contributed by atoms with Gasteiger partial charge in [0.15, 0.2) is 5.88 Å². The lowest BCUT2D eigenvalue weighted by molar-refractivity contribution is -0.157. The van der Waals surface area contributed by atoms with E-state index >= 15 is 0 Å². The van der Waals surface area contributed by atoms with Gasteiger partial charge in [-0.25, -0.2) is 9.79 Å². The maximum absolute atomic E-state index is 12.9. The maximum atomic E-state index is 12.9. The van der Waals surface area contributed by atoms with E-state index < -0.39 is 34.7 Å². The lowest BCUT2D eigenvalue weighted by Gasteiger charge is -2.36. The van der Waals surface area contributed by atoms with Crippen LogP contribution in [0.1, 0.15) is 55.1 Å². The van der Waals surface area contributed by atoms with E-state index in [1.165, 1.54) is 7.11 Å². The molecule has 1 amide bonds. The molecule has 4 aromatic rings. The summed E-state index contributed by atoms with van der Waals surface area (Å²) < 4.78 is 4.83. The van der Waals surface area contributed by atoms with Crippen LogP contribution in [-0.4, -0.2) is 114 Å². The second-order valence-corrected chi connectivity index (χ2v) is 14.8. The van der Waals surface area contributed by atoms with Crippen LogP contribution in [0.4, 0.5) is 11.4 Å². The summed E-state index contributed by atoms with van der Waals surface area (Å²) in [4.78, 5) is 61.0. The molecule has 1 aromatic heterocycles. The molecule has 13 nitrogen and oxygen atoms in total. The van der Waals surface area contributed by atoms with Crippen LogP contribution in [0.2, 0.25) is 0 Å². The Morgan fingerprint density at radius 2 is 1.57 bits per heavy atom. The summed E-state index contributed by atoms with van der Waals surface area (Å²) in [6.07, 6.45) is 0.886. The average Bonchev–Trinajstić information content (AvgIpc) is 3.62. The number of aromatic amines is 1. The van der Waals surface area contributed by atoms with Gasteiger partial charge in [-0.2, -0.15) is 0 Å². The highest BCUT2D eigenvalue weighted by molar-refractivity contribution is 6.22. The fourth-order valence-corrected chi connectivity index (χ4v) is 7.17. The fraction of sp³-hybridized carbons (Fsp3) is 0.390. The van der Waals surface area contributed by atoms with E-state index in [0.717, 1.165) is 42.8 Å². The van der Waals surface area contributed by atoms with E-state index in [0.29, 0.717) is 47.4 Å². The van der Waals surface area contributed by atoms with Crippen molar-refractivity contribution in [1.82, 2.24) is 14.8 Å². The highest BCUT2D eigenvalue weighted by Crippen LogP contribution is 2.56. The van der Waals surface area contributed by atoms with Gasteiger partial charge in [0.25, 0.3) is 0 Å². The topological polar surface area (TPSA) is 176 Å². The predicted molar refractivity (Wildman–Crippen MR) is 207 cm³/mol. The van der Waals surface area contributed by atoms with Crippen molar-refractivity contribution in [2.24, 2.45) is 21.7 Å². The number of ether oxygens (including phenoxy) is 1. The quantitative estimate of drug-likeness (QED) is 0.124. The van der Waals surface area contributed by atoms with E-state index in [1.807, 2.05) is 54.6 Å². The number of esters is 1. The van der Waals surface area contributed by atoms with Crippen LogP contribution < -0.4 is 4.90 Å². The van der Waals surface area contributed by atoms with Crippen molar-refractivity contribution in [3.8, 4) is 5.88 Å². The lowest BCUT2D eigenvalue weighted by atomic mass is 9.66. The number of aliphatic carboxylic acids is 2. The highest BCUT2D eigenvalue weighted by Gasteiger charge is 2.58. The Labute approximate surface area is 314 Å². The monoisotopic (exact) mass is 739 g/mol. The van der Waals surface area contributed by atoms with Crippen LogP contribution in [0.15, 0.2) is 77.8 Å². The zero-order valence-corrected chi connectivity index (χ0v) is 31.6. The van der Waals surface area contributed by atoms with E-state index in [9.17, 15) is 24.3 Å². The smallest absolute Gasteiger partial charge is 0.337 e. The second kappa shape index (κ2) is 16.2. The minimum Gasteiger partial charge on any atom is -0.494 e. The number of hydrogen-bond donors (Lipinski definition) is 4. The number of aromatic hydroxyl groups is 1. The summed E-state index contributed by atoms with van der Waals surface area (Å²) in [6, 6.07) is 22.2. The molecular weight excluding hydrogens is 690 g/mol. The van der Waals surface area contributed by atoms with Crippen molar-refractivity contribution in [3.63, 3.8) is 0 Å². The van der Waals surface area contributed by atoms with Crippen LogP contribution in [0.25, 0.3) is 10.9 Å². The predicted octanol–water partition coefficient (Wildman–Crippen LogP) is 5.64. The molecule has 286 valence electrons. The molecule has 0 bridgehead atoms. The van der Waals surface area contributed by atoms with Crippen LogP contribution in [0.5, 0.6) is 5.88 Å². The highest BCUT2D eigenvalue weighted by atomic mass is 16.5. The van der Waals surface area contributed by atoms with E-state index in [-0.39, 0.29) is 11.8 Å². The first kappa shape index (κ1) is 39.7. The molecule has 6 rings (SSSR count). The minimum absolute atomic E-state index is 0.0424. The summed E-state index contributed by atoms with van der Waals surface area (Å²) in [5.41, 5.74) is 2.73. The first-order valence-corrected chi connectivity index (χ1v) is 17.9. The molecule has 4 N–H and O–H groups in total. The van der Waals surface area contributed by atoms with Gasteiger partial charge in [-0.3, -0.25) is 19.3 Å². The molecule has 2 unspecified atom stereocenters. The molecule has 1 aliphatic carbocycles. The number of hydrogen-bond acceptors (Lipinski definition) is 9. The van der Waals surface area contributed by atoms with Crippen molar-refractivity contribution in [2.45, 2.75) is 33.6 Å². The normalized spacial score (nSPS) is 20.2. The number of amides is 1. The average molecular weight is 740 g/mol. The number of fused-ring (bicyclic) bond motifs is 1. The van der Waals surface area contributed by atoms with Gasteiger partial charge in [0.1, 0.15) is 0 Å². The second-order valence-electron chi connectivity index (χ2n) is 14.8. The molecular formula is C41H49N5O8. The number of H-pyrrole nitrogens is 1. The zero-order chi connectivity index (χ0) is 39.4. The molecule has 1 saturated carbocycles. The Morgan fingerprint density at radius 1 is 0.926 bits per heavy atom. The summed E-state index contributed by atoms with van der Waals surface area (Å²) in [7, 11) is 5.22. The van der Waals surface area contributed by atoms with Crippen LogP contribution in [0, 0.1) is 16.7 Å². The molecule has 3 aromatic carbocycles. The Morgan fingerprint density at radius 3 is 2.13 bits per heavy atom. The van der Waals surface area contributed by atoms with Gasteiger partial charge in [-0.1, -0.05) is 50.2 Å². The molecule has 2 aliphatic rings. The van der Waals surface area contributed by atoms with Gasteiger partial charge in [0.05, 0.1) is 47.5 Å². The largest absolute Gasteiger partial charge is 0.494 e. The number of carboxylic acids is 2. The molecule has 2 atom stereocenters. The number of likely N-dealkylation sites (N-methyl/N-ethyl adjacent to an activating group) is 2. The molecule has 2 heterocycles. The number of carbonyl (C=O) groups excluding carboxylic acids is 2. The van der Waals surface area contributed by atoms with E-state index in [1.54, 1.807) is 50.9 Å². The number of aliphatic imine (C=N–C) groups is 1. The van der Waals surface area contributed by atoms with Crippen molar-refractivity contribution in [1.29, 1.82) is 0 Å². The molecule has 0 spiro atoms. The Balaban J connectivity index is 0.000000338. The number of rotatable bonds is 9. The van der Waals surface area contributed by atoms with E-state index in [4.69, 9.17) is 19.9 Å². The third-order valence-electron chi connectivity index (χ3n) is 11.3. The third-order valence-corrected chi connectivity index (χ3v) is 11.3. The number of nitrogens with zero attached hydrogens (tertiary/aromatic N) is 4. The summed E-state index contributed by atoms with van der Waals surface area (Å²) in [5, 5.41) is 29.8. The number of benzene rings is 3. The SMILES string of the molecule is CC1(C(=O)O)CCC(C(=O)O)C1(C)C.COC(=O)c1ccc2c(C(=Nc3ccc(N(C)C(=O)CN4CCN(C)CC4)cc3)c3ccccc3)c(O)[nH]c2c1. The molecule has 2 fully saturated rings. The Bertz CT molecular complexity index is 2030. The maximum Gasteiger partial charge on any atom is 0.337 e. The summed E-state index contributed by atoms with van der Waals surface area (Å²) in [6.45, 7) is 9.18. The number of aromatic nitrogens is 1. The number of nitrogens with one attached hydrogen (secondary N) is 1. The zero-order valence-electron chi connectivity index (χ0n) is 31.6. The summed E-state index contributed by atoms with van der Waals surface area (Å²) in [5.74, 6) is -2.80. The van der Waals surface area contributed by atoms with Gasteiger partial charge in [-0.05, 0) is 68.6 Å². The number of piperazine rings is 1. The molecule has 1 aliphatic heterocycles. The first-order valence-electron chi connectivity index (χ1n) is 17.9. The van der Waals surface area contributed by atoms with Crippen molar-refractivity contribution < 1.29 is 39.2 Å². The number of methoxy groups -OCH3 is 1. The van der Waals surface area contributed by atoms with Crippen LogP contribution >= 0.6 is 0 Å². The number of carbonyl (C=O) groups is 4. The first-order chi connectivity index (χ1) is 25.6. The van der Waals surface area contributed by atoms with Gasteiger partial charge < -0.3 is 34.8 Å². The van der Waals surface area contributed by atoms with Crippen molar-refractivity contribution in [3.05, 3.63) is 89.5 Å². The number of carboxylic acid groups (broad SMARTS) is 2. The summed E-state index contributed by atoms with van der Waals surface area (Å²) >= 11 is 0. The van der Waals surface area contributed by atoms with Crippen molar-refractivity contribution >= 4 is 51.8 Å². The molecule has 1 saturated heterocycles. The Kier molecular flexibility index (Phi) is 11.9. The molecule has 54 heavy (non-hydrogen) atoms. The van der Waals surface area contributed by atoms with Gasteiger partial charge >= 0.3 is 17.9 Å². The molecule has 13 heteroatoms. The third kappa shape index (κ3) is 8.17. The Hall–Kier alpha value is -5.53. The van der Waals surface area contributed by atoms with Gasteiger partial charge in [0, 0.05) is 55.4 Å².